The Balaban J connectivity index is 2.19. The lowest BCUT2D eigenvalue weighted by molar-refractivity contribution is 0.445. The molecule has 0 radical (unpaired) electrons. The Kier molecular flexibility index (Phi) is 4.02. The van der Waals surface area contributed by atoms with E-state index in [-0.39, 0.29) is 0 Å². The van der Waals surface area contributed by atoms with Crippen molar-refractivity contribution in [2.45, 2.75) is 19.8 Å². The molecule has 1 aliphatic rings. The molecule has 0 bridgehead atoms. The number of anilines is 3. The first-order valence-corrected chi connectivity index (χ1v) is 6.42. The van der Waals surface area contributed by atoms with Crippen LogP contribution >= 0.6 is 0 Å². The molecule has 98 valence electrons. The highest BCUT2D eigenvalue weighted by Gasteiger charge is 2.20. The second-order valence-corrected chi connectivity index (χ2v) is 4.82. The lowest BCUT2D eigenvalue weighted by Gasteiger charge is -2.32. The van der Waals surface area contributed by atoms with Crippen molar-refractivity contribution in [3.63, 3.8) is 0 Å². The monoisotopic (exact) mass is 247 g/mol. The lowest BCUT2D eigenvalue weighted by Crippen LogP contribution is -2.35. The van der Waals surface area contributed by atoms with Crippen LogP contribution in [0.2, 0.25) is 0 Å². The lowest BCUT2D eigenvalue weighted by atomic mass is 10.0. The van der Waals surface area contributed by atoms with Crippen molar-refractivity contribution >= 4 is 17.3 Å². The number of rotatable bonds is 4. The molecular formula is C13H21N5. The van der Waals surface area contributed by atoms with E-state index in [9.17, 15) is 0 Å². The molecular weight excluding hydrogens is 226 g/mol. The van der Waals surface area contributed by atoms with Crippen molar-refractivity contribution in [3.05, 3.63) is 19.0 Å². The van der Waals surface area contributed by atoms with Gasteiger partial charge in [0.05, 0.1) is 0 Å². The highest BCUT2D eigenvalue weighted by molar-refractivity contribution is 5.75. The zero-order valence-electron chi connectivity index (χ0n) is 10.9. The fraction of sp³-hybridized carbons (Fsp3) is 0.538. The summed E-state index contributed by atoms with van der Waals surface area (Å²) in [5.74, 6) is 2.24. The Morgan fingerprint density at radius 1 is 1.61 bits per heavy atom. The topological polar surface area (TPSA) is 67.1 Å². The van der Waals surface area contributed by atoms with Gasteiger partial charge in [-0.15, -0.1) is 6.58 Å². The standard InChI is InChI=1S/C13H21N5/c1-3-6-15-12-11(14)13(17-9-16-12)18-7-4-5-10(2)8-18/h3,9-10H,1,4-8,14H2,2H3,(H,15,16,17). The first-order chi connectivity index (χ1) is 8.72. The fourth-order valence-corrected chi connectivity index (χ4v) is 2.33. The van der Waals surface area contributed by atoms with Crippen molar-refractivity contribution in [1.29, 1.82) is 0 Å². The third kappa shape index (κ3) is 2.72. The molecule has 0 aromatic carbocycles. The van der Waals surface area contributed by atoms with Crippen LogP contribution in [0.5, 0.6) is 0 Å². The van der Waals surface area contributed by atoms with E-state index < -0.39 is 0 Å². The Hall–Kier alpha value is -1.78. The first kappa shape index (κ1) is 12.7. The van der Waals surface area contributed by atoms with Crippen LogP contribution in [-0.2, 0) is 0 Å². The average Bonchev–Trinajstić information content (AvgIpc) is 2.37. The second kappa shape index (κ2) is 5.71. The smallest absolute Gasteiger partial charge is 0.157 e. The number of nitrogens with two attached hydrogens (primary N) is 1. The normalized spacial score (nSPS) is 19.6. The summed E-state index contributed by atoms with van der Waals surface area (Å²) in [5.41, 5.74) is 6.77. The van der Waals surface area contributed by atoms with Gasteiger partial charge in [0, 0.05) is 19.6 Å². The van der Waals surface area contributed by atoms with E-state index in [2.05, 4.69) is 33.7 Å². The van der Waals surface area contributed by atoms with Crippen molar-refractivity contribution in [2.75, 3.05) is 35.6 Å². The molecule has 1 aromatic rings. The van der Waals surface area contributed by atoms with Crippen molar-refractivity contribution in [2.24, 2.45) is 5.92 Å². The molecule has 0 amide bonds. The highest BCUT2D eigenvalue weighted by atomic mass is 15.2. The van der Waals surface area contributed by atoms with Crippen molar-refractivity contribution in [1.82, 2.24) is 9.97 Å². The summed E-state index contributed by atoms with van der Waals surface area (Å²) in [5, 5.41) is 3.13. The summed E-state index contributed by atoms with van der Waals surface area (Å²) >= 11 is 0. The Labute approximate surface area is 108 Å². The molecule has 5 heteroatoms. The number of piperidine rings is 1. The first-order valence-electron chi connectivity index (χ1n) is 6.42. The van der Waals surface area contributed by atoms with E-state index in [0.717, 1.165) is 18.9 Å². The minimum absolute atomic E-state index is 0.633. The number of hydrogen-bond donors (Lipinski definition) is 2. The molecule has 1 aliphatic heterocycles. The van der Waals surface area contributed by atoms with Gasteiger partial charge in [-0.3, -0.25) is 0 Å². The number of nitrogens with zero attached hydrogens (tertiary/aromatic N) is 3. The summed E-state index contributed by atoms with van der Waals surface area (Å²) in [6.45, 7) is 8.62. The molecule has 1 atom stereocenters. The van der Waals surface area contributed by atoms with Crippen LogP contribution in [0, 0.1) is 5.92 Å². The molecule has 1 unspecified atom stereocenters. The van der Waals surface area contributed by atoms with Crippen molar-refractivity contribution < 1.29 is 0 Å². The molecule has 3 N–H and O–H groups in total. The largest absolute Gasteiger partial charge is 0.393 e. The zero-order chi connectivity index (χ0) is 13.0. The molecule has 0 aliphatic carbocycles. The SMILES string of the molecule is C=CCNc1ncnc(N2CCCC(C)C2)c1N. The minimum Gasteiger partial charge on any atom is -0.393 e. The molecule has 1 aromatic heterocycles. The maximum atomic E-state index is 6.14. The summed E-state index contributed by atoms with van der Waals surface area (Å²) in [6, 6.07) is 0. The molecule has 18 heavy (non-hydrogen) atoms. The quantitative estimate of drug-likeness (QED) is 0.795. The summed E-state index contributed by atoms with van der Waals surface area (Å²) in [6.07, 6.45) is 5.82. The maximum Gasteiger partial charge on any atom is 0.157 e. The Bertz CT molecular complexity index is 418. The van der Waals surface area contributed by atoms with E-state index >= 15 is 0 Å². The number of nitrogen functional groups attached to an aromatic ring is 1. The van der Waals surface area contributed by atoms with E-state index in [1.807, 2.05) is 0 Å². The predicted octanol–water partition coefficient (Wildman–Crippen LogP) is 1.89. The number of nitrogens with one attached hydrogen (secondary N) is 1. The molecule has 2 rings (SSSR count). The predicted molar refractivity (Wildman–Crippen MR) is 75.7 cm³/mol. The van der Waals surface area contributed by atoms with Gasteiger partial charge >= 0.3 is 0 Å². The van der Waals surface area contributed by atoms with Crippen LogP contribution in [0.1, 0.15) is 19.8 Å². The van der Waals surface area contributed by atoms with Crippen LogP contribution in [0.15, 0.2) is 19.0 Å². The van der Waals surface area contributed by atoms with Gasteiger partial charge in [0.1, 0.15) is 12.0 Å². The summed E-state index contributed by atoms with van der Waals surface area (Å²) in [7, 11) is 0. The maximum absolute atomic E-state index is 6.14. The molecule has 0 spiro atoms. The van der Waals surface area contributed by atoms with Gasteiger partial charge in [0.2, 0.25) is 0 Å². The van der Waals surface area contributed by atoms with Crippen LogP contribution < -0.4 is 16.0 Å². The van der Waals surface area contributed by atoms with Gasteiger partial charge < -0.3 is 16.0 Å². The van der Waals surface area contributed by atoms with Gasteiger partial charge in [-0.25, -0.2) is 9.97 Å². The minimum atomic E-state index is 0.633. The van der Waals surface area contributed by atoms with Gasteiger partial charge in [0.25, 0.3) is 0 Å². The van der Waals surface area contributed by atoms with Gasteiger partial charge in [-0.2, -0.15) is 0 Å². The van der Waals surface area contributed by atoms with Gasteiger partial charge in [-0.05, 0) is 18.8 Å². The van der Waals surface area contributed by atoms with E-state index in [1.54, 1.807) is 12.4 Å². The summed E-state index contributed by atoms with van der Waals surface area (Å²) in [4.78, 5) is 10.8. The average molecular weight is 247 g/mol. The third-order valence-electron chi connectivity index (χ3n) is 3.23. The molecule has 0 saturated carbocycles. The van der Waals surface area contributed by atoms with Gasteiger partial charge in [0.15, 0.2) is 11.6 Å². The summed E-state index contributed by atoms with van der Waals surface area (Å²) < 4.78 is 0. The number of aromatic nitrogens is 2. The molecule has 1 fully saturated rings. The molecule has 5 nitrogen and oxygen atoms in total. The third-order valence-corrected chi connectivity index (χ3v) is 3.23. The Morgan fingerprint density at radius 2 is 2.44 bits per heavy atom. The zero-order valence-corrected chi connectivity index (χ0v) is 10.9. The second-order valence-electron chi connectivity index (χ2n) is 4.82. The molecule has 1 saturated heterocycles. The van der Waals surface area contributed by atoms with Crippen LogP contribution in [-0.4, -0.2) is 29.6 Å². The number of hydrogen-bond acceptors (Lipinski definition) is 5. The van der Waals surface area contributed by atoms with E-state index in [0.29, 0.717) is 24.0 Å². The molecule has 2 heterocycles. The fourth-order valence-electron chi connectivity index (χ4n) is 2.33. The van der Waals surface area contributed by atoms with Crippen LogP contribution in [0.4, 0.5) is 17.3 Å². The Morgan fingerprint density at radius 3 is 3.17 bits per heavy atom. The van der Waals surface area contributed by atoms with E-state index in [4.69, 9.17) is 5.73 Å². The van der Waals surface area contributed by atoms with Gasteiger partial charge in [-0.1, -0.05) is 13.0 Å². The van der Waals surface area contributed by atoms with E-state index in [1.165, 1.54) is 12.8 Å². The highest BCUT2D eigenvalue weighted by Crippen LogP contribution is 2.29. The van der Waals surface area contributed by atoms with Crippen LogP contribution in [0.25, 0.3) is 0 Å². The van der Waals surface area contributed by atoms with Crippen LogP contribution in [0.3, 0.4) is 0 Å². The van der Waals surface area contributed by atoms with Crippen molar-refractivity contribution in [3.8, 4) is 0 Å².